The molecule has 0 spiro atoms. The summed E-state index contributed by atoms with van der Waals surface area (Å²) in [6.45, 7) is 0.643. The molecule has 0 radical (unpaired) electrons. The molecule has 2 rings (SSSR count). The summed E-state index contributed by atoms with van der Waals surface area (Å²) in [5.41, 5.74) is 8.74. The zero-order valence-corrected chi connectivity index (χ0v) is 13.2. The van der Waals surface area contributed by atoms with E-state index in [2.05, 4.69) is 5.32 Å². The first kappa shape index (κ1) is 17.0. The van der Waals surface area contributed by atoms with E-state index in [1.807, 2.05) is 54.6 Å². The van der Waals surface area contributed by atoms with Crippen LogP contribution in [0.5, 0.6) is 0 Å². The van der Waals surface area contributed by atoms with Crippen molar-refractivity contribution in [2.45, 2.75) is 25.2 Å². The number of aliphatic hydroxyl groups excluding tert-OH is 1. The maximum atomic E-state index is 12.1. The van der Waals surface area contributed by atoms with E-state index in [-0.39, 0.29) is 18.4 Å². The molecule has 1 amide bonds. The van der Waals surface area contributed by atoms with E-state index >= 15 is 0 Å². The highest BCUT2D eigenvalue weighted by atomic mass is 16.3. The third-order valence-corrected chi connectivity index (χ3v) is 3.97. The lowest BCUT2D eigenvalue weighted by Gasteiger charge is -2.17. The molecule has 0 fully saturated rings. The third kappa shape index (κ3) is 5.42. The highest BCUT2D eigenvalue weighted by Crippen LogP contribution is 2.18. The third-order valence-electron chi connectivity index (χ3n) is 3.97. The molecular formula is C19H24N2O2. The number of benzene rings is 2. The van der Waals surface area contributed by atoms with Crippen LogP contribution in [0.2, 0.25) is 0 Å². The second-order valence-electron chi connectivity index (χ2n) is 5.62. The fourth-order valence-corrected chi connectivity index (χ4v) is 2.60. The van der Waals surface area contributed by atoms with E-state index in [4.69, 9.17) is 5.73 Å². The van der Waals surface area contributed by atoms with Gasteiger partial charge in [0.05, 0.1) is 0 Å². The Morgan fingerprint density at radius 3 is 2.48 bits per heavy atom. The van der Waals surface area contributed by atoms with Gasteiger partial charge in [-0.3, -0.25) is 4.79 Å². The summed E-state index contributed by atoms with van der Waals surface area (Å²) in [5, 5.41) is 12.2. The number of hydrogen-bond donors (Lipinski definition) is 3. The van der Waals surface area contributed by atoms with Crippen molar-refractivity contribution >= 4 is 11.6 Å². The van der Waals surface area contributed by atoms with Crippen molar-refractivity contribution in [2.24, 2.45) is 0 Å². The molecular weight excluding hydrogens is 288 g/mol. The van der Waals surface area contributed by atoms with Crippen LogP contribution in [0.4, 0.5) is 5.69 Å². The number of rotatable bonds is 8. The summed E-state index contributed by atoms with van der Waals surface area (Å²) >= 11 is 0. The fourth-order valence-electron chi connectivity index (χ4n) is 2.60. The van der Waals surface area contributed by atoms with Crippen LogP contribution in [-0.4, -0.2) is 24.2 Å². The summed E-state index contributed by atoms with van der Waals surface area (Å²) < 4.78 is 0. The molecule has 0 bridgehead atoms. The molecule has 2 aromatic rings. The highest BCUT2D eigenvalue weighted by molar-refractivity contribution is 5.76. The number of nitrogens with one attached hydrogen (secondary N) is 1. The van der Waals surface area contributed by atoms with Gasteiger partial charge < -0.3 is 16.2 Å². The SMILES string of the molecule is Nc1ccccc1CCC(=O)NCC(CCO)c1ccccc1. The Labute approximate surface area is 137 Å². The van der Waals surface area contributed by atoms with Gasteiger partial charge in [-0.25, -0.2) is 0 Å². The van der Waals surface area contributed by atoms with Gasteiger partial charge in [-0.2, -0.15) is 0 Å². The minimum absolute atomic E-state index is 0.00660. The van der Waals surface area contributed by atoms with Crippen molar-refractivity contribution in [1.29, 1.82) is 0 Å². The average molecular weight is 312 g/mol. The van der Waals surface area contributed by atoms with Crippen molar-refractivity contribution in [3.8, 4) is 0 Å². The lowest BCUT2D eigenvalue weighted by atomic mass is 9.96. The molecule has 4 heteroatoms. The minimum Gasteiger partial charge on any atom is -0.399 e. The quantitative estimate of drug-likeness (QED) is 0.656. The van der Waals surface area contributed by atoms with E-state index < -0.39 is 0 Å². The molecule has 4 N–H and O–H groups in total. The number of aliphatic hydroxyl groups is 1. The van der Waals surface area contributed by atoms with Gasteiger partial charge in [0.1, 0.15) is 0 Å². The van der Waals surface area contributed by atoms with Crippen LogP contribution in [-0.2, 0) is 11.2 Å². The van der Waals surface area contributed by atoms with Crippen LogP contribution in [0.1, 0.15) is 29.9 Å². The Morgan fingerprint density at radius 1 is 1.09 bits per heavy atom. The molecule has 0 aliphatic heterocycles. The monoisotopic (exact) mass is 312 g/mol. The van der Waals surface area contributed by atoms with E-state index in [0.29, 0.717) is 25.8 Å². The number of amides is 1. The normalized spacial score (nSPS) is 11.9. The maximum absolute atomic E-state index is 12.1. The second-order valence-corrected chi connectivity index (χ2v) is 5.62. The van der Waals surface area contributed by atoms with Gasteiger partial charge in [-0.1, -0.05) is 48.5 Å². The van der Waals surface area contributed by atoms with E-state index in [1.54, 1.807) is 0 Å². The first-order valence-electron chi connectivity index (χ1n) is 7.96. The highest BCUT2D eigenvalue weighted by Gasteiger charge is 2.12. The molecule has 2 aromatic carbocycles. The van der Waals surface area contributed by atoms with Crippen LogP contribution >= 0.6 is 0 Å². The molecule has 4 nitrogen and oxygen atoms in total. The molecule has 0 aromatic heterocycles. The number of nitrogens with two attached hydrogens (primary N) is 1. The Balaban J connectivity index is 1.83. The van der Waals surface area contributed by atoms with Crippen molar-refractivity contribution < 1.29 is 9.90 Å². The van der Waals surface area contributed by atoms with E-state index in [1.165, 1.54) is 0 Å². The molecule has 0 heterocycles. The zero-order chi connectivity index (χ0) is 16.5. The van der Waals surface area contributed by atoms with Gasteiger partial charge in [-0.15, -0.1) is 0 Å². The van der Waals surface area contributed by atoms with Gasteiger partial charge in [0.15, 0.2) is 0 Å². The van der Waals surface area contributed by atoms with Crippen LogP contribution in [0.15, 0.2) is 54.6 Å². The number of aryl methyl sites for hydroxylation is 1. The van der Waals surface area contributed by atoms with E-state index in [9.17, 15) is 9.90 Å². The van der Waals surface area contributed by atoms with Gasteiger partial charge in [-0.05, 0) is 30.0 Å². The van der Waals surface area contributed by atoms with Crippen LogP contribution in [0.25, 0.3) is 0 Å². The predicted octanol–water partition coefficient (Wildman–Crippen LogP) is 2.48. The van der Waals surface area contributed by atoms with E-state index in [0.717, 1.165) is 16.8 Å². The molecule has 0 saturated carbocycles. The number of carbonyl (C=O) groups excluding carboxylic acids is 1. The summed E-state index contributed by atoms with van der Waals surface area (Å²) in [5.74, 6) is 0.138. The Kier molecular flexibility index (Phi) is 6.63. The topological polar surface area (TPSA) is 75.4 Å². The Morgan fingerprint density at radius 2 is 1.78 bits per heavy atom. The van der Waals surface area contributed by atoms with Crippen molar-refractivity contribution in [1.82, 2.24) is 5.32 Å². The zero-order valence-electron chi connectivity index (χ0n) is 13.2. The summed E-state index contributed by atoms with van der Waals surface area (Å²) in [6, 6.07) is 17.6. The molecule has 1 atom stereocenters. The molecule has 0 aliphatic rings. The summed E-state index contributed by atoms with van der Waals surface area (Å²) in [7, 11) is 0. The number of para-hydroxylation sites is 1. The fraction of sp³-hybridized carbons (Fsp3) is 0.316. The van der Waals surface area contributed by atoms with Gasteiger partial charge in [0, 0.05) is 31.2 Å². The maximum Gasteiger partial charge on any atom is 0.220 e. The standard InChI is InChI=1S/C19H24N2O2/c20-18-9-5-4-8-16(18)10-11-19(23)21-14-17(12-13-22)15-6-2-1-3-7-15/h1-9,17,22H,10-14,20H2,(H,21,23). The van der Waals surface area contributed by atoms with Gasteiger partial charge in [0.25, 0.3) is 0 Å². The molecule has 0 aliphatic carbocycles. The Bertz CT molecular complexity index is 614. The minimum atomic E-state index is 0.00660. The van der Waals surface area contributed by atoms with Gasteiger partial charge >= 0.3 is 0 Å². The molecule has 0 saturated heterocycles. The average Bonchev–Trinajstić information content (AvgIpc) is 2.58. The van der Waals surface area contributed by atoms with Gasteiger partial charge in [0.2, 0.25) is 5.91 Å². The predicted molar refractivity (Wildman–Crippen MR) is 93.1 cm³/mol. The summed E-state index contributed by atoms with van der Waals surface area (Å²) in [4.78, 5) is 12.1. The number of hydrogen-bond acceptors (Lipinski definition) is 3. The second kappa shape index (κ2) is 8.96. The lowest BCUT2D eigenvalue weighted by Crippen LogP contribution is -2.29. The van der Waals surface area contributed by atoms with Crippen molar-refractivity contribution in [2.75, 3.05) is 18.9 Å². The van der Waals surface area contributed by atoms with Crippen molar-refractivity contribution in [3.05, 3.63) is 65.7 Å². The lowest BCUT2D eigenvalue weighted by molar-refractivity contribution is -0.121. The number of carbonyl (C=O) groups is 1. The first-order valence-corrected chi connectivity index (χ1v) is 7.96. The number of nitrogen functional groups attached to an aromatic ring is 1. The van der Waals surface area contributed by atoms with Crippen molar-refractivity contribution in [3.63, 3.8) is 0 Å². The van der Waals surface area contributed by atoms with Crippen LogP contribution in [0.3, 0.4) is 0 Å². The largest absolute Gasteiger partial charge is 0.399 e. The number of anilines is 1. The van der Waals surface area contributed by atoms with Crippen LogP contribution < -0.4 is 11.1 Å². The Hall–Kier alpha value is -2.33. The first-order chi connectivity index (χ1) is 11.2. The molecule has 23 heavy (non-hydrogen) atoms. The molecule has 122 valence electrons. The summed E-state index contributed by atoms with van der Waals surface area (Å²) in [6.07, 6.45) is 1.68. The smallest absolute Gasteiger partial charge is 0.220 e. The molecule has 1 unspecified atom stereocenters. The van der Waals surface area contributed by atoms with Crippen LogP contribution in [0, 0.1) is 0 Å².